The maximum absolute atomic E-state index is 6.63. The minimum absolute atomic E-state index is 0.378. The van der Waals surface area contributed by atoms with Crippen LogP contribution >= 0.6 is 0 Å². The first kappa shape index (κ1) is 58.3. The van der Waals surface area contributed by atoms with Crippen LogP contribution in [0.25, 0.3) is 21.5 Å². The second kappa shape index (κ2) is 26.5. The van der Waals surface area contributed by atoms with Crippen LogP contribution in [0, 0.1) is 23.7 Å². The van der Waals surface area contributed by atoms with Crippen molar-refractivity contribution in [3.8, 4) is 0 Å². The van der Waals surface area contributed by atoms with Gasteiger partial charge in [-0.15, -0.1) is 0 Å². The summed E-state index contributed by atoms with van der Waals surface area (Å²) in [6.45, 7) is 35.8. The lowest BCUT2D eigenvalue weighted by atomic mass is 9.72. The van der Waals surface area contributed by atoms with Gasteiger partial charge in [0.2, 0.25) is 0 Å². The lowest BCUT2D eigenvalue weighted by molar-refractivity contribution is 0.00578. The molecule has 0 aliphatic carbocycles. The lowest BCUT2D eigenvalue weighted by Crippen LogP contribution is -2.41. The Morgan fingerprint density at radius 3 is 0.886 bits per heavy atom. The monoisotopic (exact) mass is 957 g/mol. The second-order valence-corrected chi connectivity index (χ2v) is 24.0. The van der Waals surface area contributed by atoms with E-state index < -0.39 is 0 Å². The molecule has 0 saturated carbocycles. The Hall–Kier alpha value is -2.63. The molecule has 6 heteroatoms. The predicted octanol–water partition coefficient (Wildman–Crippen LogP) is 17.3. The zero-order valence-corrected chi connectivity index (χ0v) is 48.0. The van der Waals surface area contributed by atoms with E-state index in [1.165, 1.54) is 148 Å². The van der Waals surface area contributed by atoms with Crippen molar-refractivity contribution in [2.45, 2.75) is 262 Å². The Kier molecular flexibility index (Phi) is 22.1. The van der Waals surface area contributed by atoms with Gasteiger partial charge in [-0.3, -0.25) is 0 Å². The summed E-state index contributed by atoms with van der Waals surface area (Å²) in [6, 6.07) is 23.6. The summed E-state index contributed by atoms with van der Waals surface area (Å²) >= 11 is 0. The second-order valence-electron chi connectivity index (χ2n) is 24.0. The normalized spacial score (nSPS) is 18.8. The number of rotatable bonds is 26. The van der Waals surface area contributed by atoms with Crippen molar-refractivity contribution in [2.75, 3.05) is 0 Å². The van der Waals surface area contributed by atoms with Gasteiger partial charge in [-0.25, -0.2) is 0 Å². The minimum Gasteiger partial charge on any atom is -0.399 e. The Balaban J connectivity index is 0.000000299. The quantitative estimate of drug-likeness (QED) is 0.0588. The maximum Gasteiger partial charge on any atom is 0.494 e. The van der Waals surface area contributed by atoms with Crippen LogP contribution in [-0.4, -0.2) is 36.6 Å². The summed E-state index contributed by atoms with van der Waals surface area (Å²) in [5.41, 5.74) is 6.70. The van der Waals surface area contributed by atoms with Crippen molar-refractivity contribution in [3.63, 3.8) is 0 Å². The SMILES string of the molecule is CCCCC(CC)Cc1cc(B2OC(C)(C)C(C)(C)O2)cc2c(CC(CC)CCCC)cc(B3OC(C)(C)C(C)(C)O3)cc12.CCCCC(CC)Cc1cccc2c(CC(CC)CCCC)cccc12. The number of hydrogen-bond acceptors (Lipinski definition) is 4. The molecule has 4 aromatic rings. The summed E-state index contributed by atoms with van der Waals surface area (Å²) in [6.07, 6.45) is 25.2. The van der Waals surface area contributed by atoms with Gasteiger partial charge in [0.05, 0.1) is 22.4 Å². The van der Waals surface area contributed by atoms with Crippen LogP contribution < -0.4 is 10.9 Å². The van der Waals surface area contributed by atoms with Crippen molar-refractivity contribution in [1.29, 1.82) is 0 Å². The minimum atomic E-state index is -0.378. The Morgan fingerprint density at radius 1 is 0.357 bits per heavy atom. The van der Waals surface area contributed by atoms with E-state index in [1.54, 1.807) is 11.1 Å². The third-order valence-corrected chi connectivity index (χ3v) is 17.6. The van der Waals surface area contributed by atoms with Crippen LogP contribution in [0.5, 0.6) is 0 Å². The highest BCUT2D eigenvalue weighted by molar-refractivity contribution is 6.63. The molecule has 0 radical (unpaired) electrons. The van der Waals surface area contributed by atoms with E-state index in [9.17, 15) is 0 Å². The van der Waals surface area contributed by atoms with Gasteiger partial charge in [0, 0.05) is 0 Å². The van der Waals surface area contributed by atoms with Gasteiger partial charge in [-0.1, -0.05) is 219 Å². The van der Waals surface area contributed by atoms with Crippen LogP contribution in [0.15, 0.2) is 60.7 Å². The topological polar surface area (TPSA) is 36.9 Å². The summed E-state index contributed by atoms with van der Waals surface area (Å²) in [7, 11) is -0.756. The van der Waals surface area contributed by atoms with Crippen molar-refractivity contribution >= 4 is 46.7 Å². The molecule has 4 nitrogen and oxygen atoms in total. The van der Waals surface area contributed by atoms with Gasteiger partial charge in [0.15, 0.2) is 0 Å². The molecular weight excluding hydrogens is 854 g/mol. The van der Waals surface area contributed by atoms with Crippen LogP contribution in [0.1, 0.15) is 236 Å². The van der Waals surface area contributed by atoms with Crippen molar-refractivity contribution in [2.24, 2.45) is 23.7 Å². The largest absolute Gasteiger partial charge is 0.494 e. The van der Waals surface area contributed by atoms with Gasteiger partial charge in [0.1, 0.15) is 0 Å². The average Bonchev–Trinajstić information content (AvgIpc) is 3.70. The molecule has 0 spiro atoms. The van der Waals surface area contributed by atoms with E-state index in [4.69, 9.17) is 18.6 Å². The molecule has 0 bridgehead atoms. The first-order valence-electron chi connectivity index (χ1n) is 29.1. The van der Waals surface area contributed by atoms with E-state index in [1.807, 2.05) is 0 Å². The summed E-state index contributed by atoms with van der Waals surface area (Å²) in [5, 5.41) is 5.69. The molecular formula is C64H102B2O4. The fraction of sp³-hybridized carbons (Fsp3) is 0.688. The van der Waals surface area contributed by atoms with Gasteiger partial charge >= 0.3 is 14.2 Å². The molecule has 2 aliphatic heterocycles. The number of fused-ring (bicyclic) bond motifs is 2. The fourth-order valence-electron chi connectivity index (χ4n) is 11.0. The molecule has 2 saturated heterocycles. The van der Waals surface area contributed by atoms with E-state index >= 15 is 0 Å². The number of benzene rings is 4. The van der Waals surface area contributed by atoms with Gasteiger partial charge in [-0.2, -0.15) is 0 Å². The Bertz CT molecular complexity index is 2020. The molecule has 2 fully saturated rings. The summed E-state index contributed by atoms with van der Waals surface area (Å²) < 4.78 is 26.5. The molecule has 0 aromatic heterocycles. The smallest absolute Gasteiger partial charge is 0.399 e. The fourth-order valence-corrected chi connectivity index (χ4v) is 11.0. The Labute approximate surface area is 431 Å². The third kappa shape index (κ3) is 14.8. The highest BCUT2D eigenvalue weighted by Crippen LogP contribution is 2.40. The maximum atomic E-state index is 6.63. The first-order chi connectivity index (χ1) is 33.3. The zero-order valence-electron chi connectivity index (χ0n) is 48.0. The summed E-state index contributed by atoms with van der Waals surface area (Å²) in [4.78, 5) is 0. The summed E-state index contributed by atoms with van der Waals surface area (Å²) in [5.74, 6) is 2.95. The highest BCUT2D eigenvalue weighted by Gasteiger charge is 2.53. The molecule has 388 valence electrons. The van der Waals surface area contributed by atoms with Crippen LogP contribution in [-0.2, 0) is 44.3 Å². The van der Waals surface area contributed by atoms with Crippen LogP contribution in [0.4, 0.5) is 0 Å². The van der Waals surface area contributed by atoms with Crippen LogP contribution in [0.2, 0.25) is 0 Å². The van der Waals surface area contributed by atoms with Crippen molar-refractivity contribution in [3.05, 3.63) is 82.9 Å². The lowest BCUT2D eigenvalue weighted by Gasteiger charge is -2.32. The van der Waals surface area contributed by atoms with E-state index in [0.717, 1.165) is 35.6 Å². The molecule has 0 amide bonds. The molecule has 2 aliphatic rings. The Morgan fingerprint density at radius 2 is 0.629 bits per heavy atom. The van der Waals surface area contributed by atoms with Crippen molar-refractivity contribution in [1.82, 2.24) is 0 Å². The molecule has 4 aromatic carbocycles. The number of unbranched alkanes of at least 4 members (excludes halogenated alkanes) is 4. The average molecular weight is 957 g/mol. The molecule has 2 heterocycles. The van der Waals surface area contributed by atoms with Gasteiger partial charge in [-0.05, 0) is 159 Å². The number of hydrogen-bond donors (Lipinski definition) is 0. The zero-order chi connectivity index (χ0) is 51.3. The standard InChI is InChI=1S/C38H62B2O4.C26H40/c1-13-17-19-27(15-3)21-29-23-31(39-41-35(5,6)36(7,8)42-39)26-34-30(22-28(16-4)20-18-14-2)24-32(25-33(29)34)40-43-37(9,10)38(11,12)44-40;1-5-9-13-21(7-3)19-23-15-11-18-26-24(16-12-17-25(23)26)20-22(8-4)14-10-6-2/h23-28H,13-22H2,1-12H3;11-12,15-18,21-22H,5-10,13-14,19-20H2,1-4H3. The van der Waals surface area contributed by atoms with E-state index in [0.29, 0.717) is 11.8 Å². The molecule has 4 unspecified atom stereocenters. The first-order valence-corrected chi connectivity index (χ1v) is 29.1. The van der Waals surface area contributed by atoms with Crippen molar-refractivity contribution < 1.29 is 18.6 Å². The molecule has 4 atom stereocenters. The molecule has 70 heavy (non-hydrogen) atoms. The van der Waals surface area contributed by atoms with E-state index in [-0.39, 0.29) is 36.6 Å². The molecule has 6 rings (SSSR count). The van der Waals surface area contributed by atoms with Gasteiger partial charge in [0.25, 0.3) is 0 Å². The highest BCUT2D eigenvalue weighted by atomic mass is 16.7. The third-order valence-electron chi connectivity index (χ3n) is 17.6. The van der Waals surface area contributed by atoms with E-state index in [2.05, 4.69) is 171 Å². The van der Waals surface area contributed by atoms with Crippen LogP contribution in [0.3, 0.4) is 0 Å². The predicted molar refractivity (Wildman–Crippen MR) is 307 cm³/mol. The molecule has 0 N–H and O–H groups in total. The van der Waals surface area contributed by atoms with Gasteiger partial charge < -0.3 is 18.6 Å².